The number of hydrogen-bond donors (Lipinski definition) is 2. The van der Waals surface area contributed by atoms with Gasteiger partial charge in [0.2, 0.25) is 10.0 Å². The number of fused-ring (bicyclic) bond motifs is 1. The number of carbonyl (C=O) groups is 2. The van der Waals surface area contributed by atoms with Crippen molar-refractivity contribution in [1.82, 2.24) is 4.72 Å². The maximum Gasteiger partial charge on any atom is 0.324 e. The number of benzene rings is 3. The number of nitrogens with one attached hydrogen (secondary N) is 2. The Balaban J connectivity index is 1.48. The van der Waals surface area contributed by atoms with Crippen LogP contribution in [0.25, 0.3) is 22.1 Å². The smallest absolute Gasteiger partial charge is 0.324 e. The SMILES string of the molecule is C#Cc1cccc2oc(C(=O)Nc3ccc(-c4ccc(S(=O)(=O)N[C@H](C(=O)OC)C(C)C)cc4)cc3)c(C)c12. The van der Waals surface area contributed by atoms with Crippen LogP contribution in [0, 0.1) is 25.2 Å². The lowest BCUT2D eigenvalue weighted by atomic mass is 10.1. The summed E-state index contributed by atoms with van der Waals surface area (Å²) in [5.41, 5.74) is 4.03. The number of rotatable bonds is 8. The third kappa shape index (κ3) is 5.72. The Morgan fingerprint density at radius 3 is 2.15 bits per heavy atom. The van der Waals surface area contributed by atoms with E-state index in [1.165, 1.54) is 19.2 Å². The highest BCUT2D eigenvalue weighted by atomic mass is 32.2. The highest BCUT2D eigenvalue weighted by Crippen LogP contribution is 2.29. The summed E-state index contributed by atoms with van der Waals surface area (Å²) in [4.78, 5) is 24.9. The fourth-order valence-electron chi connectivity index (χ4n) is 4.22. The van der Waals surface area contributed by atoms with Crippen molar-refractivity contribution in [3.8, 4) is 23.5 Å². The first-order valence-electron chi connectivity index (χ1n) is 12.2. The number of sulfonamides is 1. The minimum Gasteiger partial charge on any atom is -0.468 e. The molecule has 4 aromatic rings. The zero-order valence-electron chi connectivity index (χ0n) is 21.9. The molecule has 0 spiro atoms. The standard InChI is InChI=1S/C30H28N2O6S/c1-6-20-8-7-9-25-26(20)19(4)28(38-25)29(33)31-23-14-10-21(11-15-23)22-12-16-24(17-13-22)39(35,36)32-27(18(2)3)30(34)37-5/h1,7-18,27,32H,2-5H3,(H,31,33)/t27-/m0/s1. The van der Waals surface area contributed by atoms with Gasteiger partial charge in [0.15, 0.2) is 5.76 Å². The Labute approximate surface area is 227 Å². The van der Waals surface area contributed by atoms with E-state index in [1.54, 1.807) is 63.2 Å². The average molecular weight is 545 g/mol. The largest absolute Gasteiger partial charge is 0.468 e. The first-order valence-corrected chi connectivity index (χ1v) is 13.6. The van der Waals surface area contributed by atoms with Crippen molar-refractivity contribution in [2.75, 3.05) is 12.4 Å². The molecule has 9 heteroatoms. The number of aryl methyl sites for hydroxylation is 1. The van der Waals surface area contributed by atoms with Gasteiger partial charge in [-0.3, -0.25) is 9.59 Å². The van der Waals surface area contributed by atoms with E-state index >= 15 is 0 Å². The molecule has 0 bridgehead atoms. The Morgan fingerprint density at radius 2 is 1.59 bits per heavy atom. The predicted molar refractivity (Wildman–Crippen MR) is 150 cm³/mol. The van der Waals surface area contributed by atoms with Gasteiger partial charge in [0, 0.05) is 22.2 Å². The molecule has 0 aliphatic heterocycles. The van der Waals surface area contributed by atoms with Crippen LogP contribution in [0.4, 0.5) is 5.69 Å². The zero-order valence-corrected chi connectivity index (χ0v) is 22.8. The third-order valence-electron chi connectivity index (χ3n) is 6.36. The highest BCUT2D eigenvalue weighted by Gasteiger charge is 2.29. The molecule has 0 saturated heterocycles. The summed E-state index contributed by atoms with van der Waals surface area (Å²) in [6.07, 6.45) is 5.59. The van der Waals surface area contributed by atoms with Crippen LogP contribution in [0.2, 0.25) is 0 Å². The number of anilines is 1. The minimum absolute atomic E-state index is 0.0267. The normalized spacial score (nSPS) is 12.2. The molecule has 39 heavy (non-hydrogen) atoms. The molecule has 1 aromatic heterocycles. The minimum atomic E-state index is -3.94. The van der Waals surface area contributed by atoms with Gasteiger partial charge in [0.05, 0.1) is 12.0 Å². The molecule has 4 rings (SSSR count). The van der Waals surface area contributed by atoms with E-state index in [9.17, 15) is 18.0 Å². The molecule has 0 fully saturated rings. The molecule has 1 amide bonds. The van der Waals surface area contributed by atoms with E-state index < -0.39 is 27.9 Å². The maximum absolute atomic E-state index is 12.9. The van der Waals surface area contributed by atoms with Crippen LogP contribution in [0.5, 0.6) is 0 Å². The maximum atomic E-state index is 12.9. The van der Waals surface area contributed by atoms with Crippen LogP contribution < -0.4 is 10.0 Å². The van der Waals surface area contributed by atoms with E-state index in [0.717, 1.165) is 16.5 Å². The molecular weight excluding hydrogens is 516 g/mol. The van der Waals surface area contributed by atoms with Crippen LogP contribution in [-0.4, -0.2) is 33.4 Å². The molecule has 0 unspecified atom stereocenters. The Kier molecular flexibility index (Phi) is 7.90. The lowest BCUT2D eigenvalue weighted by Crippen LogP contribution is -2.44. The molecule has 2 N–H and O–H groups in total. The van der Waals surface area contributed by atoms with Gasteiger partial charge in [-0.25, -0.2) is 8.42 Å². The van der Waals surface area contributed by atoms with Crippen LogP contribution in [0.15, 0.2) is 76.0 Å². The molecular formula is C30H28N2O6S. The molecule has 1 heterocycles. The molecule has 0 radical (unpaired) electrons. The molecule has 0 saturated carbocycles. The molecule has 8 nitrogen and oxygen atoms in total. The predicted octanol–water partition coefficient (Wildman–Crippen LogP) is 5.12. The number of esters is 1. The first kappa shape index (κ1) is 27.6. The van der Waals surface area contributed by atoms with Gasteiger partial charge in [-0.1, -0.05) is 50.1 Å². The first-order chi connectivity index (χ1) is 18.6. The second-order valence-electron chi connectivity index (χ2n) is 9.30. The van der Waals surface area contributed by atoms with Crippen molar-refractivity contribution < 1.29 is 27.2 Å². The monoisotopic (exact) mass is 544 g/mol. The van der Waals surface area contributed by atoms with E-state index in [4.69, 9.17) is 15.6 Å². The second-order valence-corrected chi connectivity index (χ2v) is 11.0. The van der Waals surface area contributed by atoms with E-state index in [0.29, 0.717) is 22.4 Å². The number of hydrogen-bond acceptors (Lipinski definition) is 6. The van der Waals surface area contributed by atoms with Crippen molar-refractivity contribution in [2.24, 2.45) is 5.92 Å². The fourth-order valence-corrected chi connectivity index (χ4v) is 5.55. The molecule has 0 aliphatic carbocycles. The number of terminal acetylenes is 1. The quantitative estimate of drug-likeness (QED) is 0.235. The van der Waals surface area contributed by atoms with Crippen molar-refractivity contribution in [1.29, 1.82) is 0 Å². The van der Waals surface area contributed by atoms with Crippen LogP contribution >= 0.6 is 0 Å². The fraction of sp³-hybridized carbons (Fsp3) is 0.200. The second kappa shape index (κ2) is 11.2. The summed E-state index contributed by atoms with van der Waals surface area (Å²) in [5, 5.41) is 3.58. The number of furan rings is 1. The topological polar surface area (TPSA) is 115 Å². The summed E-state index contributed by atoms with van der Waals surface area (Å²) in [6.45, 7) is 5.25. The number of amides is 1. The lowest BCUT2D eigenvalue weighted by Gasteiger charge is -2.19. The van der Waals surface area contributed by atoms with Crippen LogP contribution in [-0.2, 0) is 19.6 Å². The lowest BCUT2D eigenvalue weighted by molar-refractivity contribution is -0.143. The van der Waals surface area contributed by atoms with Crippen LogP contribution in [0.3, 0.4) is 0 Å². The van der Waals surface area contributed by atoms with Gasteiger partial charge < -0.3 is 14.5 Å². The van der Waals surface area contributed by atoms with Gasteiger partial charge in [-0.15, -0.1) is 6.42 Å². The van der Waals surface area contributed by atoms with E-state index in [2.05, 4.69) is 16.0 Å². The summed E-state index contributed by atoms with van der Waals surface area (Å²) in [6, 6.07) is 17.7. The van der Waals surface area contributed by atoms with Gasteiger partial charge in [-0.05, 0) is 60.4 Å². The van der Waals surface area contributed by atoms with Gasteiger partial charge in [-0.2, -0.15) is 4.72 Å². The summed E-state index contributed by atoms with van der Waals surface area (Å²) < 4.78 is 38.5. The Morgan fingerprint density at radius 1 is 0.974 bits per heavy atom. The molecule has 3 aromatic carbocycles. The van der Waals surface area contributed by atoms with Crippen molar-refractivity contribution in [2.45, 2.75) is 31.7 Å². The molecule has 1 atom stereocenters. The van der Waals surface area contributed by atoms with Crippen LogP contribution in [0.1, 0.15) is 35.5 Å². The molecule has 0 aliphatic rings. The van der Waals surface area contributed by atoms with Crippen molar-refractivity contribution in [3.05, 3.63) is 83.6 Å². The van der Waals surface area contributed by atoms with Crippen molar-refractivity contribution >= 4 is 38.6 Å². The van der Waals surface area contributed by atoms with Gasteiger partial charge in [0.25, 0.3) is 5.91 Å². The molecule has 200 valence electrons. The van der Waals surface area contributed by atoms with Gasteiger partial charge in [0.1, 0.15) is 11.6 Å². The summed E-state index contributed by atoms with van der Waals surface area (Å²) in [7, 11) is -2.73. The Hall–Kier alpha value is -4.39. The number of ether oxygens (including phenoxy) is 1. The Bertz CT molecular complexity index is 1680. The van der Waals surface area contributed by atoms with E-state index in [1.807, 2.05) is 12.1 Å². The van der Waals surface area contributed by atoms with Crippen molar-refractivity contribution in [3.63, 3.8) is 0 Å². The summed E-state index contributed by atoms with van der Waals surface area (Å²) >= 11 is 0. The summed E-state index contributed by atoms with van der Waals surface area (Å²) in [5.74, 6) is 1.47. The zero-order chi connectivity index (χ0) is 28.3. The average Bonchev–Trinajstić information content (AvgIpc) is 3.28. The van der Waals surface area contributed by atoms with Gasteiger partial charge >= 0.3 is 5.97 Å². The van der Waals surface area contributed by atoms with E-state index in [-0.39, 0.29) is 16.6 Å². The third-order valence-corrected chi connectivity index (χ3v) is 7.82. The number of carbonyl (C=O) groups excluding carboxylic acids is 2. The number of methoxy groups -OCH3 is 1. The highest BCUT2D eigenvalue weighted by molar-refractivity contribution is 7.89.